The lowest BCUT2D eigenvalue weighted by atomic mass is 9.79. The molecule has 3 aromatic carbocycles. The summed E-state index contributed by atoms with van der Waals surface area (Å²) < 4.78 is 16.7. The molecule has 1 saturated heterocycles. The summed E-state index contributed by atoms with van der Waals surface area (Å²) in [6, 6.07) is 10.7. The number of phenols is 2. The number of dihydropyridines is 1. The average Bonchev–Trinajstić information content (AvgIpc) is 3.08. The highest BCUT2D eigenvalue weighted by atomic mass is 16.7. The van der Waals surface area contributed by atoms with Crippen molar-refractivity contribution in [3.63, 3.8) is 0 Å². The molecule has 13 heteroatoms. The van der Waals surface area contributed by atoms with Crippen molar-refractivity contribution in [2.45, 2.75) is 56.1 Å². The van der Waals surface area contributed by atoms with E-state index in [-0.39, 0.29) is 52.1 Å². The van der Waals surface area contributed by atoms with Crippen LogP contribution in [0.3, 0.4) is 0 Å². The normalized spacial score (nSPS) is 24.8. The number of methoxy groups -OCH3 is 1. The Morgan fingerprint density at radius 2 is 1.71 bits per heavy atom. The van der Waals surface area contributed by atoms with E-state index in [1.165, 1.54) is 25.3 Å². The van der Waals surface area contributed by atoms with Gasteiger partial charge in [-0.05, 0) is 59.9 Å². The van der Waals surface area contributed by atoms with Crippen LogP contribution in [0.2, 0.25) is 0 Å². The van der Waals surface area contributed by atoms with Crippen LogP contribution in [-0.4, -0.2) is 92.8 Å². The fourth-order valence-corrected chi connectivity index (χ4v) is 6.21. The number of allylic oxidation sites excluding steroid dienone is 2. The molecule has 2 heterocycles. The van der Waals surface area contributed by atoms with E-state index in [0.29, 0.717) is 29.5 Å². The van der Waals surface area contributed by atoms with Crippen molar-refractivity contribution in [1.29, 1.82) is 0 Å². The molecule has 3 aromatic rings. The predicted molar refractivity (Wildman–Crippen MR) is 170 cm³/mol. The summed E-state index contributed by atoms with van der Waals surface area (Å²) in [6.45, 7) is -0.707. The lowest BCUT2D eigenvalue weighted by Gasteiger charge is -2.39. The van der Waals surface area contributed by atoms with Crippen molar-refractivity contribution in [2.24, 2.45) is 5.73 Å². The van der Waals surface area contributed by atoms with Gasteiger partial charge in [-0.15, -0.1) is 0 Å². The number of rotatable bonds is 9. The van der Waals surface area contributed by atoms with Gasteiger partial charge in [-0.1, -0.05) is 18.2 Å². The Morgan fingerprint density at radius 1 is 0.938 bits per heavy atom. The van der Waals surface area contributed by atoms with Gasteiger partial charge in [0.05, 0.1) is 31.0 Å². The predicted octanol–water partition coefficient (Wildman–Crippen LogP) is 0.912. The van der Waals surface area contributed by atoms with Crippen LogP contribution in [0, 0.1) is 0 Å². The summed E-state index contributed by atoms with van der Waals surface area (Å²) in [5, 5.41) is 65.7. The fourth-order valence-electron chi connectivity index (χ4n) is 6.21. The van der Waals surface area contributed by atoms with Gasteiger partial charge in [0.15, 0.2) is 5.78 Å². The minimum atomic E-state index is -1.80. The number of ether oxygens (including phenoxy) is 3. The van der Waals surface area contributed by atoms with E-state index >= 15 is 0 Å². The van der Waals surface area contributed by atoms with Crippen molar-refractivity contribution in [1.82, 2.24) is 5.32 Å². The van der Waals surface area contributed by atoms with Crippen LogP contribution in [0.4, 0.5) is 0 Å². The van der Waals surface area contributed by atoms with E-state index in [2.05, 4.69) is 5.32 Å². The molecule has 1 fully saturated rings. The van der Waals surface area contributed by atoms with Gasteiger partial charge in [0.1, 0.15) is 47.4 Å². The van der Waals surface area contributed by atoms with Gasteiger partial charge in [-0.3, -0.25) is 9.59 Å². The van der Waals surface area contributed by atoms with Gasteiger partial charge < -0.3 is 55.9 Å². The van der Waals surface area contributed by atoms with Crippen molar-refractivity contribution in [3.8, 4) is 23.0 Å². The number of aliphatic hydroxyl groups is 4. The first-order chi connectivity index (χ1) is 23.0. The summed E-state index contributed by atoms with van der Waals surface area (Å²) in [7, 11) is 1.34. The molecule has 252 valence electrons. The molecule has 0 spiro atoms. The van der Waals surface area contributed by atoms with E-state index in [0.717, 1.165) is 5.57 Å². The zero-order valence-corrected chi connectivity index (χ0v) is 25.9. The Morgan fingerprint density at radius 3 is 2.40 bits per heavy atom. The van der Waals surface area contributed by atoms with Crippen molar-refractivity contribution in [2.75, 3.05) is 13.7 Å². The Hall–Kier alpha value is -4.76. The number of phenolic OH excluding ortho intramolecular Hbond substituents is 2. The number of fused-ring (bicyclic) bond motifs is 2. The molecule has 6 atom stereocenters. The summed E-state index contributed by atoms with van der Waals surface area (Å²) in [6.07, 6.45) is -1.91. The molecule has 48 heavy (non-hydrogen) atoms. The van der Waals surface area contributed by atoms with Crippen LogP contribution in [0.5, 0.6) is 23.0 Å². The van der Waals surface area contributed by atoms with Crippen LogP contribution >= 0.6 is 0 Å². The minimum Gasteiger partial charge on any atom is -0.508 e. The average molecular weight is 661 g/mol. The topological polar surface area (TPSA) is 221 Å². The lowest BCUT2D eigenvalue weighted by Crippen LogP contribution is -2.60. The first-order valence-corrected chi connectivity index (χ1v) is 15.3. The molecule has 3 aliphatic rings. The highest BCUT2D eigenvalue weighted by Gasteiger charge is 2.46. The first kappa shape index (κ1) is 33.2. The highest BCUT2D eigenvalue weighted by molar-refractivity contribution is 6.30. The number of hydrogen-bond donors (Lipinski definition) is 8. The molecule has 0 aromatic heterocycles. The summed E-state index contributed by atoms with van der Waals surface area (Å²) in [5.41, 5.74) is 7.86. The Labute approximate surface area is 275 Å². The molecule has 0 amide bonds. The number of aliphatic hydroxyl groups excluding tert-OH is 4. The highest BCUT2D eigenvalue weighted by Crippen LogP contribution is 2.43. The Kier molecular flexibility index (Phi) is 9.25. The third-order valence-electron chi connectivity index (χ3n) is 8.80. The molecule has 1 aliphatic carbocycles. The van der Waals surface area contributed by atoms with Gasteiger partial charge in [-0.2, -0.15) is 0 Å². The number of benzene rings is 3. The molecule has 6 unspecified atom stereocenters. The van der Waals surface area contributed by atoms with Crippen LogP contribution in [0.15, 0.2) is 66.4 Å². The van der Waals surface area contributed by atoms with Crippen molar-refractivity contribution >= 4 is 11.6 Å². The number of aromatic hydroxyl groups is 2. The maximum Gasteiger partial charge on any atom is 0.229 e. The molecule has 0 bridgehead atoms. The Balaban J connectivity index is 1.44. The van der Waals surface area contributed by atoms with Gasteiger partial charge in [0.25, 0.3) is 0 Å². The summed E-state index contributed by atoms with van der Waals surface area (Å²) in [4.78, 5) is 28.5. The Bertz CT molecular complexity index is 1820. The van der Waals surface area contributed by atoms with E-state index < -0.39 is 54.6 Å². The zero-order valence-electron chi connectivity index (χ0n) is 25.9. The van der Waals surface area contributed by atoms with E-state index in [4.69, 9.17) is 19.9 Å². The molecule has 9 N–H and O–H groups in total. The SMILES string of the molecule is COc1cc(OC2OC(CO)C(O)C(O)C2O)c2c(c1)C(=O)c1cc(CCC3=CNC(N)C=C3)c(Cc3cccc(O)c3)c(O)c1C2=O. The van der Waals surface area contributed by atoms with E-state index in [9.17, 15) is 40.2 Å². The third-order valence-corrected chi connectivity index (χ3v) is 8.80. The molecule has 6 rings (SSSR count). The lowest BCUT2D eigenvalue weighted by molar-refractivity contribution is -0.277. The number of ketones is 2. The standard InChI is InChI=1S/C35H36N2O11/c1-46-20-12-23-27(24(13-20)47-35-34(45)33(44)31(42)25(15-38)48-35)32(43)28-22(29(23)40)11-18(7-5-16-6-8-26(36)37-14-16)21(30(28)41)10-17-3-2-4-19(39)9-17/h2-4,6,8-9,11-14,25-26,31,33-35,37-39,41-42,44-45H,5,7,10,15,36H2,1H3. The van der Waals surface area contributed by atoms with Crippen molar-refractivity contribution < 1.29 is 54.4 Å². The second-order valence-corrected chi connectivity index (χ2v) is 11.9. The number of aryl methyl sites for hydroxylation is 1. The maximum atomic E-state index is 14.3. The second kappa shape index (κ2) is 13.4. The van der Waals surface area contributed by atoms with E-state index in [1.807, 2.05) is 12.2 Å². The zero-order chi connectivity index (χ0) is 34.3. The molecule has 0 radical (unpaired) electrons. The number of hydrogen-bond acceptors (Lipinski definition) is 13. The van der Waals surface area contributed by atoms with Crippen LogP contribution in [0.1, 0.15) is 55.0 Å². The monoisotopic (exact) mass is 660 g/mol. The second-order valence-electron chi connectivity index (χ2n) is 11.9. The smallest absolute Gasteiger partial charge is 0.229 e. The molecular weight excluding hydrogens is 624 g/mol. The van der Waals surface area contributed by atoms with Crippen LogP contribution in [-0.2, 0) is 17.6 Å². The maximum absolute atomic E-state index is 14.3. The third kappa shape index (κ3) is 6.15. The summed E-state index contributed by atoms with van der Waals surface area (Å²) in [5.74, 6) is -1.85. The van der Waals surface area contributed by atoms with E-state index in [1.54, 1.807) is 30.5 Å². The van der Waals surface area contributed by atoms with Gasteiger partial charge >= 0.3 is 0 Å². The molecule has 2 aliphatic heterocycles. The van der Waals surface area contributed by atoms with Gasteiger partial charge in [0, 0.05) is 35.4 Å². The first-order valence-electron chi connectivity index (χ1n) is 15.3. The molecular formula is C35H36N2O11. The number of nitrogens with one attached hydrogen (secondary N) is 1. The number of nitrogens with two attached hydrogens (primary N) is 1. The van der Waals surface area contributed by atoms with Gasteiger partial charge in [-0.25, -0.2) is 0 Å². The number of carbonyl (C=O) groups excluding carboxylic acids is 2. The van der Waals surface area contributed by atoms with Gasteiger partial charge in [0.2, 0.25) is 12.1 Å². The quantitative estimate of drug-likeness (QED) is 0.125. The largest absolute Gasteiger partial charge is 0.508 e. The minimum absolute atomic E-state index is 0.0236. The number of carbonyl (C=O) groups is 2. The summed E-state index contributed by atoms with van der Waals surface area (Å²) >= 11 is 0. The van der Waals surface area contributed by atoms with Crippen LogP contribution < -0.4 is 20.5 Å². The van der Waals surface area contributed by atoms with Crippen molar-refractivity contribution in [3.05, 3.63) is 105 Å². The fraction of sp³-hybridized carbons (Fsp3) is 0.314. The van der Waals surface area contributed by atoms with Crippen LogP contribution in [0.25, 0.3) is 0 Å². The molecule has 13 nitrogen and oxygen atoms in total. The molecule has 0 saturated carbocycles.